The van der Waals surface area contributed by atoms with E-state index in [2.05, 4.69) is 5.32 Å². The van der Waals surface area contributed by atoms with Crippen molar-refractivity contribution < 1.29 is 18.0 Å². The highest BCUT2D eigenvalue weighted by molar-refractivity contribution is 7.91. The van der Waals surface area contributed by atoms with E-state index >= 15 is 0 Å². The molecule has 2 saturated heterocycles. The van der Waals surface area contributed by atoms with Crippen molar-refractivity contribution in [2.24, 2.45) is 0 Å². The molecule has 2 fully saturated rings. The molecule has 0 aliphatic carbocycles. The number of imide groups is 1. The summed E-state index contributed by atoms with van der Waals surface area (Å²) in [6.07, 6.45) is 0.243. The number of amides is 3. The fraction of sp³-hybridized carbons (Fsp3) is 0.375. The van der Waals surface area contributed by atoms with E-state index < -0.39 is 21.4 Å². The van der Waals surface area contributed by atoms with Crippen LogP contribution >= 0.6 is 22.9 Å². The molecule has 132 valence electrons. The average Bonchev–Trinajstić information content (AvgIpc) is 3.01. The smallest absolute Gasteiger partial charge is 0.323 e. The lowest BCUT2D eigenvalue weighted by atomic mass is 9.92. The van der Waals surface area contributed by atoms with E-state index in [1.54, 1.807) is 0 Å². The van der Waals surface area contributed by atoms with Crippen molar-refractivity contribution in [2.75, 3.05) is 11.5 Å². The number of benzene rings is 1. The van der Waals surface area contributed by atoms with Crippen molar-refractivity contribution in [3.8, 4) is 0 Å². The number of halogens is 1. The summed E-state index contributed by atoms with van der Waals surface area (Å²) >= 11 is 7.86. The predicted octanol–water partition coefficient (Wildman–Crippen LogP) is 2.55. The highest BCUT2D eigenvalue weighted by Gasteiger charge is 2.53. The Bertz CT molecular complexity index is 985. The molecule has 1 N–H and O–H groups in total. The molecule has 6 nitrogen and oxygen atoms in total. The maximum Gasteiger partial charge on any atom is 0.325 e. The number of urea groups is 1. The van der Waals surface area contributed by atoms with E-state index in [9.17, 15) is 18.0 Å². The first-order chi connectivity index (χ1) is 11.8. The minimum atomic E-state index is -3.13. The van der Waals surface area contributed by atoms with Crippen LogP contribution in [0.5, 0.6) is 0 Å². The van der Waals surface area contributed by atoms with E-state index in [0.717, 1.165) is 19.9 Å². The molecular formula is C16H15ClN2O4S2. The van der Waals surface area contributed by atoms with Gasteiger partial charge in [-0.3, -0.25) is 9.69 Å². The zero-order valence-corrected chi connectivity index (χ0v) is 15.5. The SMILES string of the molecule is O=C1NC2(CCS(=O)(=O)CC2)C(=O)N1Cc1sc2ccccc2c1Cl. The van der Waals surface area contributed by atoms with Crippen LogP contribution in [0.4, 0.5) is 4.79 Å². The Morgan fingerprint density at radius 3 is 2.56 bits per heavy atom. The molecule has 1 spiro atoms. The van der Waals surface area contributed by atoms with Gasteiger partial charge in [0.2, 0.25) is 0 Å². The summed E-state index contributed by atoms with van der Waals surface area (Å²) in [5.74, 6) is -0.534. The zero-order chi connectivity index (χ0) is 17.8. The number of carbonyl (C=O) groups excluding carboxylic acids is 2. The Morgan fingerprint density at radius 1 is 1.20 bits per heavy atom. The fourth-order valence-corrected chi connectivity index (χ4v) is 6.36. The summed E-state index contributed by atoms with van der Waals surface area (Å²) in [6.45, 7) is 0.0946. The molecule has 25 heavy (non-hydrogen) atoms. The van der Waals surface area contributed by atoms with Gasteiger partial charge in [0.15, 0.2) is 9.84 Å². The topological polar surface area (TPSA) is 83.5 Å². The molecule has 0 bridgehead atoms. The molecule has 9 heteroatoms. The van der Waals surface area contributed by atoms with Crippen molar-refractivity contribution in [3.63, 3.8) is 0 Å². The summed E-state index contributed by atoms with van der Waals surface area (Å²) in [5.41, 5.74) is -1.09. The first-order valence-corrected chi connectivity index (χ1v) is 10.8. The quantitative estimate of drug-likeness (QED) is 0.788. The number of hydrogen-bond donors (Lipinski definition) is 1. The standard InChI is InChI=1S/C16H15ClN2O4S2/c17-13-10-3-1-2-4-11(10)24-12(13)9-19-14(20)16(18-15(19)21)5-7-25(22,23)8-6-16/h1-4H,5-9H2,(H,18,21). The molecule has 0 radical (unpaired) electrons. The monoisotopic (exact) mass is 398 g/mol. The largest absolute Gasteiger partial charge is 0.325 e. The first kappa shape index (κ1) is 16.8. The summed E-state index contributed by atoms with van der Waals surface area (Å²) in [7, 11) is -3.13. The van der Waals surface area contributed by atoms with E-state index in [0.29, 0.717) is 5.02 Å². The lowest BCUT2D eigenvalue weighted by Gasteiger charge is -2.30. The molecule has 4 rings (SSSR count). The van der Waals surface area contributed by atoms with Crippen LogP contribution in [0.25, 0.3) is 10.1 Å². The highest BCUT2D eigenvalue weighted by Crippen LogP contribution is 2.38. The van der Waals surface area contributed by atoms with Gasteiger partial charge >= 0.3 is 6.03 Å². The van der Waals surface area contributed by atoms with Crippen LogP contribution < -0.4 is 5.32 Å². The average molecular weight is 399 g/mol. The molecule has 3 amide bonds. The van der Waals surface area contributed by atoms with Gasteiger partial charge in [-0.25, -0.2) is 13.2 Å². The Hall–Kier alpha value is -1.64. The molecule has 3 heterocycles. The number of nitrogens with one attached hydrogen (secondary N) is 1. The van der Waals surface area contributed by atoms with Gasteiger partial charge in [0.25, 0.3) is 5.91 Å². The van der Waals surface area contributed by atoms with Gasteiger partial charge in [-0.15, -0.1) is 11.3 Å². The number of thiophene rings is 1. The summed E-state index contributed by atoms with van der Waals surface area (Å²) < 4.78 is 24.3. The highest BCUT2D eigenvalue weighted by atomic mass is 35.5. The van der Waals surface area contributed by atoms with Crippen LogP contribution in [-0.4, -0.2) is 42.3 Å². The lowest BCUT2D eigenvalue weighted by molar-refractivity contribution is -0.132. The maximum atomic E-state index is 12.8. The number of nitrogens with zero attached hydrogens (tertiary/aromatic N) is 1. The van der Waals surface area contributed by atoms with Crippen molar-refractivity contribution in [2.45, 2.75) is 24.9 Å². The normalized spacial score (nSPS) is 21.9. The van der Waals surface area contributed by atoms with E-state index in [-0.39, 0.29) is 36.8 Å². The summed E-state index contributed by atoms with van der Waals surface area (Å²) in [4.78, 5) is 27.1. The molecular weight excluding hydrogens is 384 g/mol. The third-order valence-electron chi connectivity index (χ3n) is 4.83. The van der Waals surface area contributed by atoms with E-state index in [4.69, 9.17) is 11.6 Å². The van der Waals surface area contributed by atoms with Crippen molar-refractivity contribution in [1.29, 1.82) is 0 Å². The van der Waals surface area contributed by atoms with Crippen LogP contribution in [0, 0.1) is 0 Å². The summed E-state index contributed by atoms with van der Waals surface area (Å²) in [6, 6.07) is 7.14. The van der Waals surface area contributed by atoms with Gasteiger partial charge in [0.1, 0.15) is 5.54 Å². The van der Waals surface area contributed by atoms with E-state index in [1.165, 1.54) is 11.3 Å². The van der Waals surface area contributed by atoms with Crippen LogP contribution in [0.15, 0.2) is 24.3 Å². The van der Waals surface area contributed by atoms with E-state index in [1.807, 2.05) is 24.3 Å². The van der Waals surface area contributed by atoms with Crippen molar-refractivity contribution in [1.82, 2.24) is 10.2 Å². The Labute approximate surface area is 153 Å². The maximum absolute atomic E-state index is 12.8. The lowest BCUT2D eigenvalue weighted by Crippen LogP contribution is -2.52. The van der Waals surface area contributed by atoms with Crippen LogP contribution in [0.2, 0.25) is 5.02 Å². The minimum absolute atomic E-state index is 0.0868. The second-order valence-corrected chi connectivity index (χ2v) is 10.2. The Kier molecular flexibility index (Phi) is 3.82. The molecule has 1 aromatic heterocycles. The predicted molar refractivity (Wildman–Crippen MR) is 96.5 cm³/mol. The number of rotatable bonds is 2. The summed E-state index contributed by atoms with van der Waals surface area (Å²) in [5, 5.41) is 4.16. The first-order valence-electron chi connectivity index (χ1n) is 7.82. The van der Waals surface area contributed by atoms with Gasteiger partial charge in [0, 0.05) is 15.0 Å². The van der Waals surface area contributed by atoms with Gasteiger partial charge < -0.3 is 5.32 Å². The number of carbonyl (C=O) groups is 2. The third-order valence-corrected chi connectivity index (χ3v) is 8.18. The molecule has 2 aliphatic rings. The third kappa shape index (κ3) is 2.72. The second kappa shape index (κ2) is 5.69. The van der Waals surface area contributed by atoms with Gasteiger partial charge in [-0.05, 0) is 18.9 Å². The van der Waals surface area contributed by atoms with Gasteiger partial charge in [-0.2, -0.15) is 0 Å². The molecule has 0 unspecified atom stereocenters. The van der Waals surface area contributed by atoms with Crippen molar-refractivity contribution >= 4 is 54.8 Å². The fourth-order valence-electron chi connectivity index (χ4n) is 3.36. The molecule has 2 aromatic rings. The Morgan fingerprint density at radius 2 is 1.88 bits per heavy atom. The number of sulfone groups is 1. The number of hydrogen-bond acceptors (Lipinski definition) is 5. The molecule has 1 aromatic carbocycles. The van der Waals surface area contributed by atoms with Crippen LogP contribution in [0.1, 0.15) is 17.7 Å². The zero-order valence-electron chi connectivity index (χ0n) is 13.1. The van der Waals surface area contributed by atoms with Crippen LogP contribution in [-0.2, 0) is 21.2 Å². The Balaban J connectivity index is 1.62. The van der Waals surface area contributed by atoms with Gasteiger partial charge in [0.05, 0.1) is 23.1 Å². The van der Waals surface area contributed by atoms with Crippen molar-refractivity contribution in [3.05, 3.63) is 34.2 Å². The second-order valence-electron chi connectivity index (χ2n) is 6.39. The van der Waals surface area contributed by atoms with Gasteiger partial charge in [-0.1, -0.05) is 29.8 Å². The van der Waals surface area contributed by atoms with Crippen LogP contribution in [0.3, 0.4) is 0 Å². The number of fused-ring (bicyclic) bond motifs is 1. The molecule has 2 aliphatic heterocycles. The minimum Gasteiger partial charge on any atom is -0.323 e. The molecule has 0 saturated carbocycles. The molecule has 0 atom stereocenters.